The fourth-order valence-corrected chi connectivity index (χ4v) is 7.24. The smallest absolute Gasteiger partial charge is 0.410 e. The van der Waals surface area contributed by atoms with Gasteiger partial charge in [-0.15, -0.1) is 0 Å². The highest BCUT2D eigenvalue weighted by atomic mass is 16.6. The summed E-state index contributed by atoms with van der Waals surface area (Å²) in [7, 11) is 0. The van der Waals surface area contributed by atoms with Crippen LogP contribution in [0.25, 0.3) is 0 Å². The van der Waals surface area contributed by atoms with E-state index in [9.17, 15) is 19.2 Å². The lowest BCUT2D eigenvalue weighted by Gasteiger charge is -2.28. The van der Waals surface area contributed by atoms with Gasteiger partial charge in [-0.3, -0.25) is 9.59 Å². The summed E-state index contributed by atoms with van der Waals surface area (Å²) in [6, 6.07) is 16.3. The van der Waals surface area contributed by atoms with E-state index in [1.54, 1.807) is 9.80 Å². The van der Waals surface area contributed by atoms with Gasteiger partial charge in [0, 0.05) is 38.4 Å². The van der Waals surface area contributed by atoms with Crippen molar-refractivity contribution in [3.63, 3.8) is 0 Å². The molecule has 0 saturated carbocycles. The fourth-order valence-electron chi connectivity index (χ4n) is 7.24. The van der Waals surface area contributed by atoms with Gasteiger partial charge in [0.25, 0.3) is 0 Å². The molecule has 2 aromatic carbocycles. The first kappa shape index (κ1) is 44.4. The van der Waals surface area contributed by atoms with E-state index in [-0.39, 0.29) is 36.0 Å². The number of hydrogen-bond acceptors (Lipinski definition) is 9. The first-order valence-corrected chi connectivity index (χ1v) is 20.2. The maximum Gasteiger partial charge on any atom is 0.410 e. The predicted octanol–water partition coefficient (Wildman–Crippen LogP) is 8.81. The molecule has 2 aliphatic rings. The molecule has 2 saturated heterocycles. The number of amides is 2. The lowest BCUT2D eigenvalue weighted by atomic mass is 9.85. The van der Waals surface area contributed by atoms with Crippen molar-refractivity contribution in [2.75, 3.05) is 31.5 Å². The first-order chi connectivity index (χ1) is 25.8. The Balaban J connectivity index is 1.45. The van der Waals surface area contributed by atoms with Crippen molar-refractivity contribution < 1.29 is 38.1 Å². The number of rotatable bonds is 11. The van der Waals surface area contributed by atoms with Crippen LogP contribution in [0, 0.1) is 23.7 Å². The molecule has 0 bridgehead atoms. The number of carbonyl (C=O) groups excluding carboxylic acids is 4. The molecule has 2 aliphatic heterocycles. The van der Waals surface area contributed by atoms with Gasteiger partial charge >= 0.3 is 24.1 Å². The maximum absolute atomic E-state index is 13.6. The predicted molar refractivity (Wildman–Crippen MR) is 218 cm³/mol. The standard InChI is InChI=1S/C45H67N3O8/c1-42(2,3)53-38(49)36(33-19-21-47(28-33)40(51)55-44(7,8)9)25-30-15-13-17-32(23-30)27-46-35-18-14-16-31(24-35)26-37(39(50)54-43(4,5)6)34-20-22-48(29-34)41(52)56-45(10,11)12/h13-18,23-24,33-34,36-37,46H,19-22,25-29H2,1-12H3/t33-,34-,36-,37-/m0/s1. The Bertz CT molecular complexity index is 1560. The molecule has 2 amide bonds. The third-order valence-corrected chi connectivity index (χ3v) is 9.64. The molecule has 0 spiro atoms. The molecule has 1 N–H and O–H groups in total. The summed E-state index contributed by atoms with van der Waals surface area (Å²) in [6.07, 6.45) is 1.63. The SMILES string of the molecule is CC(C)(C)OC(=O)[C@@H](Cc1cccc(CNc2cccc(C[C@H](C(=O)OC(C)(C)C)[C@H]3CCN(C(=O)OC(C)(C)C)C3)c2)c1)[C@H]1CCN(C(=O)OC(C)(C)C)C1. The summed E-state index contributed by atoms with van der Waals surface area (Å²) < 4.78 is 23.0. The number of anilines is 1. The van der Waals surface area contributed by atoms with Gasteiger partial charge in [-0.2, -0.15) is 0 Å². The molecule has 2 heterocycles. The Morgan fingerprint density at radius 3 is 1.41 bits per heavy atom. The summed E-state index contributed by atoms with van der Waals surface area (Å²) in [5.74, 6) is -1.49. The van der Waals surface area contributed by atoms with Gasteiger partial charge in [0.05, 0.1) is 11.8 Å². The number of hydrogen-bond donors (Lipinski definition) is 1. The minimum absolute atomic E-state index is 0.0592. The molecular weight excluding hydrogens is 711 g/mol. The minimum Gasteiger partial charge on any atom is -0.460 e. The zero-order valence-electron chi connectivity index (χ0n) is 36.0. The Kier molecular flexibility index (Phi) is 14.2. The van der Waals surface area contributed by atoms with Crippen LogP contribution >= 0.6 is 0 Å². The molecule has 0 aliphatic carbocycles. The summed E-state index contributed by atoms with van der Waals surface area (Å²) in [5, 5.41) is 3.55. The number of benzene rings is 2. The maximum atomic E-state index is 13.6. The molecule has 4 rings (SSSR count). The van der Waals surface area contributed by atoms with Crippen LogP contribution in [0.5, 0.6) is 0 Å². The first-order valence-electron chi connectivity index (χ1n) is 20.2. The van der Waals surface area contributed by atoms with Gasteiger partial charge < -0.3 is 34.1 Å². The molecule has 2 fully saturated rings. The molecule has 310 valence electrons. The van der Waals surface area contributed by atoms with E-state index in [0.717, 1.165) is 22.4 Å². The molecule has 11 heteroatoms. The van der Waals surface area contributed by atoms with E-state index < -0.39 is 34.2 Å². The summed E-state index contributed by atoms with van der Waals surface area (Å²) in [4.78, 5) is 56.3. The van der Waals surface area contributed by atoms with Crippen molar-refractivity contribution in [3.8, 4) is 0 Å². The van der Waals surface area contributed by atoms with Gasteiger partial charge in [-0.1, -0.05) is 36.4 Å². The minimum atomic E-state index is -0.638. The number of carbonyl (C=O) groups is 4. The molecule has 56 heavy (non-hydrogen) atoms. The van der Waals surface area contributed by atoms with E-state index in [1.165, 1.54) is 0 Å². The van der Waals surface area contributed by atoms with E-state index in [0.29, 0.717) is 58.4 Å². The Morgan fingerprint density at radius 2 is 0.982 bits per heavy atom. The average Bonchev–Trinajstić information content (AvgIpc) is 3.74. The second kappa shape index (κ2) is 17.9. The molecule has 2 aromatic rings. The van der Waals surface area contributed by atoms with Crippen LogP contribution in [0.2, 0.25) is 0 Å². The zero-order valence-corrected chi connectivity index (χ0v) is 36.0. The molecule has 0 unspecified atom stereocenters. The fraction of sp³-hybridized carbons (Fsp3) is 0.644. The Morgan fingerprint density at radius 1 is 0.589 bits per heavy atom. The third-order valence-electron chi connectivity index (χ3n) is 9.64. The van der Waals surface area contributed by atoms with Crippen molar-refractivity contribution in [2.24, 2.45) is 23.7 Å². The quantitative estimate of drug-likeness (QED) is 0.176. The van der Waals surface area contributed by atoms with Gasteiger partial charge in [-0.05, 0) is 149 Å². The van der Waals surface area contributed by atoms with Gasteiger partial charge in [0.15, 0.2) is 0 Å². The third kappa shape index (κ3) is 14.3. The van der Waals surface area contributed by atoms with Crippen molar-refractivity contribution >= 4 is 29.8 Å². The highest BCUT2D eigenvalue weighted by Gasteiger charge is 2.40. The van der Waals surface area contributed by atoms with Crippen LogP contribution in [0.3, 0.4) is 0 Å². The van der Waals surface area contributed by atoms with E-state index in [1.807, 2.05) is 113 Å². The largest absolute Gasteiger partial charge is 0.460 e. The van der Waals surface area contributed by atoms with Crippen LogP contribution in [0.15, 0.2) is 48.5 Å². The zero-order chi connectivity index (χ0) is 41.6. The van der Waals surface area contributed by atoms with Crippen molar-refractivity contribution in [1.82, 2.24) is 9.80 Å². The second-order valence-electron chi connectivity index (χ2n) is 19.5. The normalized spacial score (nSPS) is 18.9. The van der Waals surface area contributed by atoms with Crippen LogP contribution in [0.1, 0.15) is 113 Å². The summed E-state index contributed by atoms with van der Waals surface area (Å²) in [6.45, 7) is 24.8. The Labute approximate surface area is 335 Å². The number of likely N-dealkylation sites (tertiary alicyclic amines) is 2. The van der Waals surface area contributed by atoms with Gasteiger partial charge in [-0.25, -0.2) is 9.59 Å². The molecule has 0 radical (unpaired) electrons. The monoisotopic (exact) mass is 777 g/mol. The molecule has 0 aromatic heterocycles. The number of esters is 2. The summed E-state index contributed by atoms with van der Waals surface area (Å²) in [5.41, 5.74) is 1.51. The van der Waals surface area contributed by atoms with E-state index >= 15 is 0 Å². The van der Waals surface area contributed by atoms with Gasteiger partial charge in [0.1, 0.15) is 22.4 Å². The van der Waals surface area contributed by atoms with Crippen molar-refractivity contribution in [1.29, 1.82) is 0 Å². The number of nitrogens with zero attached hydrogens (tertiary/aromatic N) is 2. The highest BCUT2D eigenvalue weighted by Crippen LogP contribution is 2.33. The highest BCUT2D eigenvalue weighted by molar-refractivity contribution is 5.75. The summed E-state index contributed by atoms with van der Waals surface area (Å²) >= 11 is 0. The lowest BCUT2D eigenvalue weighted by molar-refractivity contribution is -0.163. The van der Waals surface area contributed by atoms with Crippen LogP contribution in [-0.4, -0.2) is 82.5 Å². The van der Waals surface area contributed by atoms with E-state index in [4.69, 9.17) is 18.9 Å². The van der Waals surface area contributed by atoms with Crippen molar-refractivity contribution in [3.05, 3.63) is 65.2 Å². The number of ether oxygens (including phenoxy) is 4. The topological polar surface area (TPSA) is 124 Å². The van der Waals surface area contributed by atoms with Crippen LogP contribution < -0.4 is 5.32 Å². The second-order valence-corrected chi connectivity index (χ2v) is 19.5. The average molecular weight is 778 g/mol. The molecule has 4 atom stereocenters. The molecule has 11 nitrogen and oxygen atoms in total. The van der Waals surface area contributed by atoms with Crippen LogP contribution in [-0.2, 0) is 47.9 Å². The lowest BCUT2D eigenvalue weighted by Crippen LogP contribution is -2.38. The molecular formula is C45H67N3O8. The Hall–Kier alpha value is -4.28. The van der Waals surface area contributed by atoms with Crippen LogP contribution in [0.4, 0.5) is 15.3 Å². The van der Waals surface area contributed by atoms with E-state index in [2.05, 4.69) is 23.5 Å². The van der Waals surface area contributed by atoms with Crippen molar-refractivity contribution in [2.45, 2.75) is 138 Å². The van der Waals surface area contributed by atoms with Gasteiger partial charge in [0.2, 0.25) is 0 Å². The number of nitrogens with one attached hydrogen (secondary N) is 1.